The van der Waals surface area contributed by atoms with Crippen LogP contribution in [0.3, 0.4) is 0 Å². The number of nitrogens with one attached hydrogen (secondary N) is 1. The third-order valence-electron chi connectivity index (χ3n) is 3.29. The van der Waals surface area contributed by atoms with Crippen molar-refractivity contribution in [3.63, 3.8) is 0 Å². The number of hydrogen-bond acceptors (Lipinski definition) is 4. The van der Waals surface area contributed by atoms with Crippen molar-refractivity contribution in [1.82, 2.24) is 5.32 Å². The first-order valence-electron chi connectivity index (χ1n) is 5.78. The van der Waals surface area contributed by atoms with Crippen LogP contribution in [0.2, 0.25) is 0 Å². The Hall–Kier alpha value is -1.62. The Balaban J connectivity index is 2.33. The van der Waals surface area contributed by atoms with Crippen LogP contribution < -0.4 is 10.2 Å². The summed E-state index contributed by atoms with van der Waals surface area (Å²) in [4.78, 5) is 12.8. The summed E-state index contributed by atoms with van der Waals surface area (Å²) >= 11 is 0. The highest BCUT2D eigenvalue weighted by Crippen LogP contribution is 2.30. The molecule has 1 atom stereocenters. The van der Waals surface area contributed by atoms with Crippen LogP contribution in [0.4, 0.5) is 11.4 Å². The fourth-order valence-corrected chi connectivity index (χ4v) is 2.24. The average molecular weight is 235 g/mol. The lowest BCUT2D eigenvalue weighted by atomic mass is 10.1. The summed E-state index contributed by atoms with van der Waals surface area (Å²) in [7, 11) is 1.93. The minimum atomic E-state index is -0.304. The molecule has 1 aliphatic heterocycles. The number of likely N-dealkylation sites (N-methyl/N-ethyl adjacent to an activating group) is 1. The second kappa shape index (κ2) is 4.71. The zero-order chi connectivity index (χ0) is 12.4. The van der Waals surface area contributed by atoms with E-state index in [0.717, 1.165) is 25.1 Å². The van der Waals surface area contributed by atoms with E-state index in [1.54, 1.807) is 6.07 Å². The summed E-state index contributed by atoms with van der Waals surface area (Å²) in [6.07, 6.45) is 1.03. The first-order valence-corrected chi connectivity index (χ1v) is 5.78. The molecule has 1 N–H and O–H groups in total. The van der Waals surface area contributed by atoms with E-state index in [2.05, 4.69) is 5.32 Å². The number of nitro benzene ring substituents is 1. The van der Waals surface area contributed by atoms with Crippen LogP contribution in [0, 0.1) is 17.0 Å². The van der Waals surface area contributed by atoms with Gasteiger partial charge in [-0.1, -0.05) is 6.07 Å². The van der Waals surface area contributed by atoms with Crippen molar-refractivity contribution in [2.24, 2.45) is 0 Å². The molecule has 0 spiro atoms. The second-order valence-corrected chi connectivity index (χ2v) is 4.51. The normalized spacial score (nSPS) is 19.3. The quantitative estimate of drug-likeness (QED) is 0.640. The number of anilines is 1. The summed E-state index contributed by atoms with van der Waals surface area (Å²) < 4.78 is 0. The van der Waals surface area contributed by atoms with Crippen molar-refractivity contribution >= 4 is 11.4 Å². The van der Waals surface area contributed by atoms with Gasteiger partial charge in [0.15, 0.2) is 0 Å². The van der Waals surface area contributed by atoms with Crippen LogP contribution in [0.25, 0.3) is 0 Å². The highest BCUT2D eigenvalue weighted by Gasteiger charge is 2.24. The Bertz CT molecular complexity index is 428. The lowest BCUT2D eigenvalue weighted by molar-refractivity contribution is -0.384. The number of hydrogen-bond donors (Lipinski definition) is 1. The van der Waals surface area contributed by atoms with Gasteiger partial charge in [-0.25, -0.2) is 0 Å². The molecule has 92 valence electrons. The summed E-state index contributed by atoms with van der Waals surface area (Å²) in [5.74, 6) is 0. The van der Waals surface area contributed by atoms with E-state index in [1.807, 2.05) is 31.0 Å². The monoisotopic (exact) mass is 235 g/mol. The molecule has 0 bridgehead atoms. The van der Waals surface area contributed by atoms with Gasteiger partial charge in [-0.2, -0.15) is 0 Å². The maximum atomic E-state index is 11.1. The molecule has 0 saturated carbocycles. The lowest BCUT2D eigenvalue weighted by Crippen LogP contribution is -2.33. The van der Waals surface area contributed by atoms with E-state index in [0.29, 0.717) is 11.7 Å². The fraction of sp³-hybridized carbons (Fsp3) is 0.500. The standard InChI is InChI=1S/C12H17N3O2/c1-9-3-4-11(12(7-9)15(16)17)14(2)10-5-6-13-8-10/h3-4,7,10,13H,5-6,8H2,1-2H3. The Morgan fingerprint density at radius 3 is 2.88 bits per heavy atom. The van der Waals surface area contributed by atoms with Crippen molar-refractivity contribution in [2.45, 2.75) is 19.4 Å². The number of nitro groups is 1. The summed E-state index contributed by atoms with van der Waals surface area (Å²) in [5.41, 5.74) is 1.81. The van der Waals surface area contributed by atoms with Gasteiger partial charge >= 0.3 is 0 Å². The Morgan fingerprint density at radius 1 is 1.53 bits per heavy atom. The maximum Gasteiger partial charge on any atom is 0.292 e. The van der Waals surface area contributed by atoms with E-state index < -0.39 is 0 Å². The molecule has 1 unspecified atom stereocenters. The molecule has 0 aliphatic carbocycles. The van der Waals surface area contributed by atoms with Crippen LogP contribution in [-0.4, -0.2) is 31.1 Å². The topological polar surface area (TPSA) is 58.4 Å². The molecule has 1 heterocycles. The zero-order valence-corrected chi connectivity index (χ0v) is 10.1. The highest BCUT2D eigenvalue weighted by atomic mass is 16.6. The molecular formula is C12H17N3O2. The van der Waals surface area contributed by atoms with Crippen molar-refractivity contribution in [2.75, 3.05) is 25.0 Å². The van der Waals surface area contributed by atoms with Crippen molar-refractivity contribution in [3.8, 4) is 0 Å². The van der Waals surface area contributed by atoms with Crippen LogP contribution in [0.5, 0.6) is 0 Å². The smallest absolute Gasteiger partial charge is 0.292 e. The van der Waals surface area contributed by atoms with Crippen LogP contribution in [-0.2, 0) is 0 Å². The van der Waals surface area contributed by atoms with Crippen molar-refractivity contribution in [3.05, 3.63) is 33.9 Å². The van der Waals surface area contributed by atoms with E-state index in [-0.39, 0.29) is 10.6 Å². The van der Waals surface area contributed by atoms with Crippen molar-refractivity contribution < 1.29 is 4.92 Å². The first kappa shape index (κ1) is 11.9. The summed E-state index contributed by atoms with van der Waals surface area (Å²) in [6.45, 7) is 3.74. The molecule has 1 saturated heterocycles. The third-order valence-corrected chi connectivity index (χ3v) is 3.29. The Labute approximate surface area is 101 Å². The third kappa shape index (κ3) is 2.39. The molecule has 0 radical (unpaired) electrons. The molecule has 1 aromatic rings. The largest absolute Gasteiger partial charge is 0.365 e. The van der Waals surface area contributed by atoms with Gasteiger partial charge in [-0.3, -0.25) is 10.1 Å². The van der Waals surface area contributed by atoms with Gasteiger partial charge in [0, 0.05) is 25.7 Å². The fourth-order valence-electron chi connectivity index (χ4n) is 2.24. The minimum absolute atomic E-state index is 0.194. The molecule has 1 fully saturated rings. The molecule has 17 heavy (non-hydrogen) atoms. The predicted molar refractivity (Wildman–Crippen MR) is 67.5 cm³/mol. The molecule has 1 aliphatic rings. The summed E-state index contributed by atoms with van der Waals surface area (Å²) in [6, 6.07) is 5.73. The van der Waals surface area contributed by atoms with Crippen LogP contribution >= 0.6 is 0 Å². The van der Waals surface area contributed by atoms with Gasteiger partial charge < -0.3 is 10.2 Å². The van der Waals surface area contributed by atoms with Crippen LogP contribution in [0.15, 0.2) is 18.2 Å². The molecular weight excluding hydrogens is 218 g/mol. The number of rotatable bonds is 3. The van der Waals surface area contributed by atoms with E-state index in [1.165, 1.54) is 0 Å². The molecule has 0 amide bonds. The lowest BCUT2D eigenvalue weighted by Gasteiger charge is -2.25. The zero-order valence-electron chi connectivity index (χ0n) is 10.1. The number of aryl methyl sites for hydroxylation is 1. The summed E-state index contributed by atoms with van der Waals surface area (Å²) in [5, 5.41) is 14.3. The van der Waals surface area contributed by atoms with Gasteiger partial charge in [0.05, 0.1) is 4.92 Å². The number of benzene rings is 1. The molecule has 0 aromatic heterocycles. The van der Waals surface area contributed by atoms with Gasteiger partial charge in [0.2, 0.25) is 0 Å². The average Bonchev–Trinajstić information content (AvgIpc) is 2.81. The maximum absolute atomic E-state index is 11.1. The second-order valence-electron chi connectivity index (χ2n) is 4.51. The minimum Gasteiger partial charge on any atom is -0.365 e. The van der Waals surface area contributed by atoms with Gasteiger partial charge in [0.1, 0.15) is 5.69 Å². The Morgan fingerprint density at radius 2 is 2.29 bits per heavy atom. The van der Waals surface area contributed by atoms with E-state index in [4.69, 9.17) is 0 Å². The predicted octanol–water partition coefficient (Wildman–Crippen LogP) is 1.70. The Kier molecular flexibility index (Phi) is 3.28. The number of nitrogens with zero attached hydrogens (tertiary/aromatic N) is 2. The van der Waals surface area contributed by atoms with Crippen LogP contribution in [0.1, 0.15) is 12.0 Å². The first-order chi connectivity index (χ1) is 8.09. The molecule has 5 nitrogen and oxygen atoms in total. The molecule has 5 heteroatoms. The molecule has 2 rings (SSSR count). The SMILES string of the molecule is Cc1ccc(N(C)C2CCNC2)c([N+](=O)[O-])c1. The van der Waals surface area contributed by atoms with E-state index in [9.17, 15) is 10.1 Å². The molecule has 1 aromatic carbocycles. The van der Waals surface area contributed by atoms with E-state index >= 15 is 0 Å². The van der Waals surface area contributed by atoms with Gasteiger partial charge in [-0.15, -0.1) is 0 Å². The van der Waals surface area contributed by atoms with Crippen molar-refractivity contribution in [1.29, 1.82) is 0 Å². The highest BCUT2D eigenvalue weighted by molar-refractivity contribution is 5.64. The van der Waals surface area contributed by atoms with Gasteiger partial charge in [-0.05, 0) is 31.5 Å². The van der Waals surface area contributed by atoms with Gasteiger partial charge in [0.25, 0.3) is 5.69 Å².